The Morgan fingerprint density at radius 3 is 2.72 bits per heavy atom. The molecule has 0 amide bonds. The molecule has 0 saturated heterocycles. The molecule has 18 heavy (non-hydrogen) atoms. The number of hydrogen-bond donors (Lipinski definition) is 0. The molecule has 0 aromatic carbocycles. The van der Waals surface area contributed by atoms with Gasteiger partial charge in [0.25, 0.3) is 0 Å². The molecule has 0 aliphatic carbocycles. The summed E-state index contributed by atoms with van der Waals surface area (Å²) in [6.07, 6.45) is 4.70. The monoisotopic (exact) mass is 251 g/mol. The molecular formula is C12H17N3O3. The van der Waals surface area contributed by atoms with Crippen molar-refractivity contribution in [2.75, 3.05) is 38.8 Å². The van der Waals surface area contributed by atoms with Crippen molar-refractivity contribution in [1.29, 1.82) is 0 Å². The largest absolute Gasteiger partial charge is 0.464 e. The number of carbonyl (C=O) groups is 1. The summed E-state index contributed by atoms with van der Waals surface area (Å²) >= 11 is 0. The minimum Gasteiger partial charge on any atom is -0.464 e. The maximum absolute atomic E-state index is 11.2. The van der Waals surface area contributed by atoms with Crippen LogP contribution in [0.3, 0.4) is 0 Å². The molecule has 6 heteroatoms. The average Bonchev–Trinajstić information content (AvgIpc) is 2.43. The van der Waals surface area contributed by atoms with Crippen LogP contribution in [-0.4, -0.2) is 49.9 Å². The summed E-state index contributed by atoms with van der Waals surface area (Å²) in [5.74, 6) is 0.167. The Morgan fingerprint density at radius 2 is 2.22 bits per heavy atom. The van der Waals surface area contributed by atoms with Crippen LogP contribution in [0.1, 0.15) is 10.5 Å². The minimum absolute atomic E-state index is 0.187. The predicted molar refractivity (Wildman–Crippen MR) is 67.7 cm³/mol. The molecule has 1 heterocycles. The Hall–Kier alpha value is -1.95. The van der Waals surface area contributed by atoms with E-state index >= 15 is 0 Å². The topological polar surface area (TPSA) is 64.5 Å². The summed E-state index contributed by atoms with van der Waals surface area (Å²) in [6.45, 7) is 5.58. The first-order chi connectivity index (χ1) is 8.72. The van der Waals surface area contributed by atoms with E-state index in [2.05, 4.69) is 21.3 Å². The van der Waals surface area contributed by atoms with E-state index in [4.69, 9.17) is 4.74 Å². The Kier molecular flexibility index (Phi) is 5.79. The highest BCUT2D eigenvalue weighted by Gasteiger charge is 2.10. The van der Waals surface area contributed by atoms with Gasteiger partial charge < -0.3 is 14.4 Å². The molecule has 0 saturated carbocycles. The fraction of sp³-hybridized carbons (Fsp3) is 0.417. The van der Waals surface area contributed by atoms with Gasteiger partial charge in [0.05, 0.1) is 26.1 Å². The summed E-state index contributed by atoms with van der Waals surface area (Å²) in [4.78, 5) is 21.4. The molecule has 0 radical (unpaired) electrons. The fourth-order valence-electron chi connectivity index (χ4n) is 1.35. The van der Waals surface area contributed by atoms with E-state index < -0.39 is 5.97 Å². The highest BCUT2D eigenvalue weighted by Crippen LogP contribution is 2.09. The lowest BCUT2D eigenvalue weighted by molar-refractivity contribution is 0.0593. The van der Waals surface area contributed by atoms with Crippen LogP contribution >= 0.6 is 0 Å². The number of anilines is 1. The lowest BCUT2D eigenvalue weighted by atomic mass is 10.4. The molecular weight excluding hydrogens is 234 g/mol. The highest BCUT2D eigenvalue weighted by atomic mass is 16.5. The maximum Gasteiger partial charge on any atom is 0.358 e. The molecule has 0 N–H and O–H groups in total. The van der Waals surface area contributed by atoms with Gasteiger partial charge in [0.2, 0.25) is 0 Å². The van der Waals surface area contributed by atoms with Crippen molar-refractivity contribution in [2.45, 2.75) is 0 Å². The number of aromatic nitrogens is 2. The molecule has 0 spiro atoms. The van der Waals surface area contributed by atoms with Crippen LogP contribution in [0.2, 0.25) is 0 Å². The van der Waals surface area contributed by atoms with Gasteiger partial charge in [-0.25, -0.2) is 14.8 Å². The van der Waals surface area contributed by atoms with Gasteiger partial charge in [-0.2, -0.15) is 0 Å². The van der Waals surface area contributed by atoms with Crippen LogP contribution in [0.15, 0.2) is 25.0 Å². The zero-order valence-corrected chi connectivity index (χ0v) is 10.6. The van der Waals surface area contributed by atoms with Gasteiger partial charge in [-0.1, -0.05) is 6.08 Å². The van der Waals surface area contributed by atoms with Crippen molar-refractivity contribution in [1.82, 2.24) is 9.97 Å². The van der Waals surface area contributed by atoms with Gasteiger partial charge in [-0.05, 0) is 0 Å². The summed E-state index contributed by atoms with van der Waals surface area (Å²) in [5, 5.41) is 0. The zero-order valence-electron chi connectivity index (χ0n) is 10.6. The lowest BCUT2D eigenvalue weighted by Crippen LogP contribution is -2.28. The second kappa shape index (κ2) is 7.39. The van der Waals surface area contributed by atoms with Crippen molar-refractivity contribution < 1.29 is 14.3 Å². The quantitative estimate of drug-likeness (QED) is 0.530. The normalized spacial score (nSPS) is 9.89. The van der Waals surface area contributed by atoms with Crippen LogP contribution < -0.4 is 4.90 Å². The average molecular weight is 251 g/mol. The van der Waals surface area contributed by atoms with Gasteiger partial charge in [-0.15, -0.1) is 6.58 Å². The number of nitrogens with zero attached hydrogens (tertiary/aromatic N) is 3. The van der Waals surface area contributed by atoms with E-state index in [9.17, 15) is 4.79 Å². The van der Waals surface area contributed by atoms with Crippen LogP contribution in [-0.2, 0) is 9.47 Å². The SMILES string of the molecule is C=CCN(CCOC)c1cnc(C(=O)OC)cn1. The second-order valence-corrected chi connectivity index (χ2v) is 3.48. The van der Waals surface area contributed by atoms with E-state index in [0.29, 0.717) is 25.5 Å². The van der Waals surface area contributed by atoms with Crippen molar-refractivity contribution in [3.05, 3.63) is 30.7 Å². The number of carbonyl (C=O) groups excluding carboxylic acids is 1. The lowest BCUT2D eigenvalue weighted by Gasteiger charge is -2.21. The van der Waals surface area contributed by atoms with E-state index in [1.54, 1.807) is 13.2 Å². The molecule has 1 rings (SSSR count). The Labute approximate surface area is 106 Å². The van der Waals surface area contributed by atoms with Crippen LogP contribution in [0.5, 0.6) is 0 Å². The predicted octanol–water partition coefficient (Wildman–Crippen LogP) is 0.902. The second-order valence-electron chi connectivity index (χ2n) is 3.48. The van der Waals surface area contributed by atoms with Gasteiger partial charge in [0.1, 0.15) is 5.82 Å². The molecule has 0 unspecified atom stereocenters. The molecule has 1 aromatic heterocycles. The van der Waals surface area contributed by atoms with Crippen molar-refractivity contribution in [3.8, 4) is 0 Å². The number of methoxy groups -OCH3 is 2. The summed E-state index contributed by atoms with van der Waals surface area (Å²) in [5.41, 5.74) is 0.187. The fourth-order valence-corrected chi connectivity index (χ4v) is 1.35. The van der Waals surface area contributed by atoms with E-state index in [1.165, 1.54) is 19.5 Å². The Morgan fingerprint density at radius 1 is 1.44 bits per heavy atom. The first-order valence-corrected chi connectivity index (χ1v) is 5.48. The van der Waals surface area contributed by atoms with E-state index in [-0.39, 0.29) is 5.69 Å². The molecule has 6 nitrogen and oxygen atoms in total. The minimum atomic E-state index is -0.499. The zero-order chi connectivity index (χ0) is 13.4. The third-order valence-corrected chi connectivity index (χ3v) is 2.27. The molecule has 0 bridgehead atoms. The third kappa shape index (κ3) is 3.81. The van der Waals surface area contributed by atoms with Crippen molar-refractivity contribution in [2.24, 2.45) is 0 Å². The van der Waals surface area contributed by atoms with Crippen LogP contribution in [0.4, 0.5) is 5.82 Å². The maximum atomic E-state index is 11.2. The molecule has 0 aliphatic rings. The standard InChI is InChI=1S/C12H17N3O3/c1-4-5-15(6-7-17-2)11-9-13-10(8-14-11)12(16)18-3/h4,8-9H,1,5-7H2,2-3H3. The number of ether oxygens (including phenoxy) is 2. The number of esters is 1. The van der Waals surface area contributed by atoms with E-state index in [1.807, 2.05) is 4.90 Å². The van der Waals surface area contributed by atoms with Gasteiger partial charge in [0.15, 0.2) is 5.69 Å². The van der Waals surface area contributed by atoms with Crippen LogP contribution in [0.25, 0.3) is 0 Å². The Bertz CT molecular complexity index is 392. The molecule has 0 aliphatic heterocycles. The number of hydrogen-bond acceptors (Lipinski definition) is 6. The van der Waals surface area contributed by atoms with Gasteiger partial charge in [-0.3, -0.25) is 0 Å². The summed E-state index contributed by atoms with van der Waals surface area (Å²) in [7, 11) is 2.94. The third-order valence-electron chi connectivity index (χ3n) is 2.27. The summed E-state index contributed by atoms with van der Waals surface area (Å²) in [6, 6.07) is 0. The highest BCUT2D eigenvalue weighted by molar-refractivity contribution is 5.86. The molecule has 0 fully saturated rings. The van der Waals surface area contributed by atoms with Crippen molar-refractivity contribution in [3.63, 3.8) is 0 Å². The smallest absolute Gasteiger partial charge is 0.358 e. The molecule has 98 valence electrons. The first-order valence-electron chi connectivity index (χ1n) is 5.48. The van der Waals surface area contributed by atoms with Crippen LogP contribution in [0, 0.1) is 0 Å². The van der Waals surface area contributed by atoms with Gasteiger partial charge >= 0.3 is 5.97 Å². The molecule has 1 aromatic rings. The Balaban J connectivity index is 2.79. The van der Waals surface area contributed by atoms with Crippen molar-refractivity contribution >= 4 is 11.8 Å². The first kappa shape index (κ1) is 14.1. The van der Waals surface area contributed by atoms with Gasteiger partial charge in [0, 0.05) is 20.2 Å². The summed E-state index contributed by atoms with van der Waals surface area (Å²) < 4.78 is 9.58. The van der Waals surface area contributed by atoms with E-state index in [0.717, 1.165) is 0 Å². The number of rotatable bonds is 7. The molecule has 0 atom stereocenters.